The smallest absolute Gasteiger partial charge is 0.255 e. The molecule has 3 heterocycles. The molecule has 3 aliphatic heterocycles. The average molecular weight is 508 g/mol. The molecule has 188 valence electrons. The first-order chi connectivity index (χ1) is 17.5. The molecule has 3 amide bonds. The quantitative estimate of drug-likeness (QED) is 0.621. The van der Waals surface area contributed by atoms with Crippen LogP contribution in [-0.4, -0.2) is 58.8 Å². The number of ether oxygens (including phenoxy) is 1. The minimum Gasteiger partial charge on any atom is -0.489 e. The first-order valence-corrected chi connectivity index (χ1v) is 13.3. The molecule has 36 heavy (non-hydrogen) atoms. The van der Waals surface area contributed by atoms with Crippen LogP contribution in [0.5, 0.6) is 5.75 Å². The van der Waals surface area contributed by atoms with E-state index in [2.05, 4.69) is 22.3 Å². The van der Waals surface area contributed by atoms with Crippen LogP contribution >= 0.6 is 11.6 Å². The second-order valence-electron chi connectivity index (χ2n) is 10.4. The van der Waals surface area contributed by atoms with Crippen molar-refractivity contribution in [1.29, 1.82) is 0 Å². The maximum Gasteiger partial charge on any atom is 0.255 e. The number of carbonyl (C=O) groups excluding carboxylic acids is 3. The SMILES string of the molecule is O=C1CCC(N2Cc3cc(O[C@H]4CCCC[C@H]4N4CC(c5ccccc5Cl)C4)ccc3C2=O)C(=O)N1. The Labute approximate surface area is 215 Å². The Morgan fingerprint density at radius 1 is 0.972 bits per heavy atom. The van der Waals surface area contributed by atoms with Crippen LogP contribution < -0.4 is 10.1 Å². The largest absolute Gasteiger partial charge is 0.489 e. The Morgan fingerprint density at radius 2 is 1.78 bits per heavy atom. The number of carbonyl (C=O) groups is 3. The van der Waals surface area contributed by atoms with Gasteiger partial charge in [-0.2, -0.15) is 0 Å². The van der Waals surface area contributed by atoms with E-state index in [4.69, 9.17) is 16.3 Å². The van der Waals surface area contributed by atoms with E-state index < -0.39 is 11.9 Å². The van der Waals surface area contributed by atoms with E-state index >= 15 is 0 Å². The second-order valence-corrected chi connectivity index (χ2v) is 10.8. The van der Waals surface area contributed by atoms with Crippen molar-refractivity contribution >= 4 is 29.3 Å². The zero-order chi connectivity index (χ0) is 24.8. The molecule has 1 aliphatic carbocycles. The molecule has 3 atom stereocenters. The Hall–Kier alpha value is -2.90. The van der Waals surface area contributed by atoms with Crippen LogP contribution in [0.1, 0.15) is 65.9 Å². The number of hydrogen-bond acceptors (Lipinski definition) is 5. The van der Waals surface area contributed by atoms with Gasteiger partial charge in [0, 0.05) is 48.6 Å². The van der Waals surface area contributed by atoms with Crippen LogP contribution in [0.3, 0.4) is 0 Å². The van der Waals surface area contributed by atoms with Crippen LogP contribution in [0.25, 0.3) is 0 Å². The summed E-state index contributed by atoms with van der Waals surface area (Å²) in [6, 6.07) is 13.5. The minimum atomic E-state index is -0.604. The van der Waals surface area contributed by atoms with Crippen molar-refractivity contribution < 1.29 is 19.1 Å². The van der Waals surface area contributed by atoms with E-state index in [0.717, 1.165) is 48.7 Å². The van der Waals surface area contributed by atoms with E-state index in [1.807, 2.05) is 30.3 Å². The molecule has 2 aromatic rings. The maximum atomic E-state index is 13.0. The molecule has 0 bridgehead atoms. The fourth-order valence-electron chi connectivity index (χ4n) is 6.22. The molecule has 2 aromatic carbocycles. The van der Waals surface area contributed by atoms with Gasteiger partial charge in [0.05, 0.1) is 0 Å². The van der Waals surface area contributed by atoms with E-state index in [0.29, 0.717) is 30.5 Å². The molecular formula is C28H30ClN3O4. The first-order valence-electron chi connectivity index (χ1n) is 12.9. The summed E-state index contributed by atoms with van der Waals surface area (Å²) in [5, 5.41) is 3.20. The molecule has 1 saturated carbocycles. The summed E-state index contributed by atoms with van der Waals surface area (Å²) in [5.74, 6) is 0.405. The highest BCUT2D eigenvalue weighted by Crippen LogP contribution is 2.38. The minimum absolute atomic E-state index is 0.104. The number of amides is 3. The molecule has 6 rings (SSSR count). The molecule has 2 saturated heterocycles. The second kappa shape index (κ2) is 9.52. The van der Waals surface area contributed by atoms with Crippen molar-refractivity contribution in [3.63, 3.8) is 0 Å². The third-order valence-corrected chi connectivity index (χ3v) is 8.52. The molecule has 0 radical (unpaired) electrons. The predicted octanol–water partition coefficient (Wildman–Crippen LogP) is 3.89. The molecule has 1 N–H and O–H groups in total. The fraction of sp³-hybridized carbons (Fsp3) is 0.464. The molecule has 4 aliphatic rings. The summed E-state index contributed by atoms with van der Waals surface area (Å²) in [6.07, 6.45) is 5.20. The molecule has 0 spiro atoms. The van der Waals surface area contributed by atoms with Gasteiger partial charge in [-0.15, -0.1) is 0 Å². The Morgan fingerprint density at radius 3 is 2.58 bits per heavy atom. The van der Waals surface area contributed by atoms with E-state index in [1.165, 1.54) is 12.0 Å². The third kappa shape index (κ3) is 4.28. The lowest BCUT2D eigenvalue weighted by molar-refractivity contribution is -0.136. The van der Waals surface area contributed by atoms with Gasteiger partial charge in [-0.25, -0.2) is 0 Å². The van der Waals surface area contributed by atoms with Gasteiger partial charge >= 0.3 is 0 Å². The summed E-state index contributed by atoms with van der Waals surface area (Å²) in [7, 11) is 0. The number of halogens is 1. The Kier molecular flexibility index (Phi) is 6.21. The van der Waals surface area contributed by atoms with E-state index in [-0.39, 0.29) is 24.3 Å². The molecular weight excluding hydrogens is 478 g/mol. The van der Waals surface area contributed by atoms with Gasteiger partial charge in [-0.3, -0.25) is 24.6 Å². The van der Waals surface area contributed by atoms with Gasteiger partial charge in [0.1, 0.15) is 17.9 Å². The topological polar surface area (TPSA) is 79.0 Å². The van der Waals surface area contributed by atoms with Gasteiger partial charge in [-0.1, -0.05) is 36.2 Å². The van der Waals surface area contributed by atoms with Crippen LogP contribution in [0.15, 0.2) is 42.5 Å². The lowest BCUT2D eigenvalue weighted by Gasteiger charge is -2.48. The monoisotopic (exact) mass is 507 g/mol. The van der Waals surface area contributed by atoms with Gasteiger partial charge in [0.25, 0.3) is 5.91 Å². The number of piperidine rings is 1. The summed E-state index contributed by atoms with van der Waals surface area (Å²) < 4.78 is 6.54. The number of nitrogens with one attached hydrogen (secondary N) is 1. The van der Waals surface area contributed by atoms with Crippen LogP contribution in [0.4, 0.5) is 0 Å². The fourth-order valence-corrected chi connectivity index (χ4v) is 6.51. The zero-order valence-electron chi connectivity index (χ0n) is 20.1. The Balaban J connectivity index is 1.12. The maximum absolute atomic E-state index is 13.0. The van der Waals surface area contributed by atoms with Gasteiger partial charge in [0.15, 0.2) is 0 Å². The lowest BCUT2D eigenvalue weighted by atomic mass is 9.84. The number of rotatable bonds is 5. The summed E-state index contributed by atoms with van der Waals surface area (Å²) in [6.45, 7) is 2.35. The van der Waals surface area contributed by atoms with Gasteiger partial charge in [0.2, 0.25) is 11.8 Å². The van der Waals surface area contributed by atoms with E-state index in [9.17, 15) is 14.4 Å². The van der Waals surface area contributed by atoms with Crippen molar-refractivity contribution in [2.75, 3.05) is 13.1 Å². The summed E-state index contributed by atoms with van der Waals surface area (Å²) >= 11 is 6.42. The number of benzene rings is 2. The zero-order valence-corrected chi connectivity index (χ0v) is 20.9. The predicted molar refractivity (Wildman–Crippen MR) is 135 cm³/mol. The Bertz CT molecular complexity index is 1210. The number of hydrogen-bond donors (Lipinski definition) is 1. The highest BCUT2D eigenvalue weighted by molar-refractivity contribution is 6.31. The summed E-state index contributed by atoms with van der Waals surface area (Å²) in [5.41, 5.74) is 2.71. The number of imide groups is 1. The van der Waals surface area contributed by atoms with E-state index in [1.54, 1.807) is 4.90 Å². The molecule has 3 fully saturated rings. The van der Waals surface area contributed by atoms with Gasteiger partial charge < -0.3 is 9.64 Å². The van der Waals surface area contributed by atoms with Gasteiger partial charge in [-0.05, 0) is 61.1 Å². The number of likely N-dealkylation sites (tertiary alicyclic amines) is 1. The molecule has 7 nitrogen and oxygen atoms in total. The number of nitrogens with zero attached hydrogens (tertiary/aromatic N) is 2. The highest BCUT2D eigenvalue weighted by Gasteiger charge is 2.41. The highest BCUT2D eigenvalue weighted by atomic mass is 35.5. The van der Waals surface area contributed by atoms with Crippen molar-refractivity contribution in [3.8, 4) is 5.75 Å². The first kappa shape index (κ1) is 23.5. The summed E-state index contributed by atoms with van der Waals surface area (Å²) in [4.78, 5) is 40.9. The average Bonchev–Trinajstić information content (AvgIpc) is 3.16. The third-order valence-electron chi connectivity index (χ3n) is 8.17. The van der Waals surface area contributed by atoms with Crippen molar-refractivity contribution in [1.82, 2.24) is 15.1 Å². The number of fused-ring (bicyclic) bond motifs is 1. The van der Waals surface area contributed by atoms with Crippen LogP contribution in [0.2, 0.25) is 5.02 Å². The van der Waals surface area contributed by atoms with Crippen molar-refractivity contribution in [3.05, 3.63) is 64.2 Å². The molecule has 8 heteroatoms. The molecule has 1 unspecified atom stereocenters. The standard InChI is InChI=1S/C28H30ClN3O4/c29-22-6-2-1-5-20(22)18-14-31(15-18)23-7-3-4-8-25(23)36-19-9-10-21-17(13-19)16-32(28(21)35)24-11-12-26(33)30-27(24)34/h1-2,5-6,9-10,13,18,23-25H,3-4,7-8,11-12,14-16H2,(H,30,33,34)/t23-,24?,25+/m1/s1. The normalized spacial score (nSPS) is 27.0. The van der Waals surface area contributed by atoms with Crippen LogP contribution in [-0.2, 0) is 16.1 Å². The van der Waals surface area contributed by atoms with Crippen molar-refractivity contribution in [2.24, 2.45) is 0 Å². The molecule has 0 aromatic heterocycles. The van der Waals surface area contributed by atoms with Crippen molar-refractivity contribution in [2.45, 2.75) is 69.2 Å². The lowest BCUT2D eigenvalue weighted by Crippen LogP contribution is -2.57. The van der Waals surface area contributed by atoms with Crippen LogP contribution in [0, 0.1) is 0 Å².